The van der Waals surface area contributed by atoms with Gasteiger partial charge in [0.25, 0.3) is 0 Å². The van der Waals surface area contributed by atoms with E-state index in [1.165, 1.54) is 117 Å². The molecule has 0 heterocycles. The molecule has 0 nitrogen and oxygen atoms in total. The molecule has 0 fully saturated rings. The van der Waals surface area contributed by atoms with Crippen molar-refractivity contribution in [3.8, 4) is 11.1 Å². The van der Waals surface area contributed by atoms with E-state index in [0.29, 0.717) is 0 Å². The summed E-state index contributed by atoms with van der Waals surface area (Å²) in [7, 11) is 0. The first-order valence-electron chi connectivity index (χ1n) is 11.5. The van der Waals surface area contributed by atoms with Gasteiger partial charge in [-0.1, -0.05) is 131 Å². The molecule has 0 aliphatic heterocycles. The fraction of sp³-hybridized carbons (Fsp3) is 0.615. The van der Waals surface area contributed by atoms with Gasteiger partial charge in [-0.15, -0.1) is 0 Å². The Morgan fingerprint density at radius 2 is 0.963 bits per heavy atom. The fourth-order valence-corrected chi connectivity index (χ4v) is 4.43. The molecule has 27 heavy (non-hydrogen) atoms. The predicted octanol–water partition coefficient (Wildman–Crippen LogP) is 9.58. The summed E-state index contributed by atoms with van der Waals surface area (Å²) >= 11 is 3.56. The molecule has 0 saturated carbocycles. The minimum absolute atomic E-state index is 1.18. The highest BCUT2D eigenvalue weighted by Gasteiger charge is 2.03. The minimum Gasteiger partial charge on any atom is -0.0654 e. The lowest BCUT2D eigenvalue weighted by Crippen LogP contribution is -1.85. The molecular formula is C26H39Br. The Morgan fingerprint density at radius 3 is 1.41 bits per heavy atom. The Morgan fingerprint density at radius 1 is 0.556 bits per heavy atom. The number of fused-ring (bicyclic) bond motifs is 1. The number of aryl methyl sites for hydroxylation is 1. The topological polar surface area (TPSA) is 0 Å². The summed E-state index contributed by atoms with van der Waals surface area (Å²) in [5.41, 5.74) is 4.13. The molecular weight excluding hydrogens is 392 g/mol. The van der Waals surface area contributed by atoms with E-state index in [2.05, 4.69) is 59.3 Å². The van der Waals surface area contributed by atoms with Crippen LogP contribution in [0.2, 0.25) is 0 Å². The number of hydrogen-bond acceptors (Lipinski definition) is 0. The summed E-state index contributed by atoms with van der Waals surface area (Å²) in [6, 6.07) is 13.5. The zero-order chi connectivity index (χ0) is 19.2. The van der Waals surface area contributed by atoms with Crippen LogP contribution >= 0.6 is 15.9 Å². The van der Waals surface area contributed by atoms with Gasteiger partial charge >= 0.3 is 0 Å². The van der Waals surface area contributed by atoms with Gasteiger partial charge in [-0.25, -0.2) is 0 Å². The molecule has 0 amide bonds. The zero-order valence-corrected chi connectivity index (χ0v) is 19.0. The van der Waals surface area contributed by atoms with Crippen LogP contribution in [0.15, 0.2) is 40.9 Å². The molecule has 0 unspecified atom stereocenters. The second-order valence-corrected chi connectivity index (χ2v) is 9.09. The minimum atomic E-state index is 1.18. The van der Waals surface area contributed by atoms with Gasteiger partial charge < -0.3 is 0 Å². The summed E-state index contributed by atoms with van der Waals surface area (Å²) in [5, 5.41) is 0. The lowest BCUT2D eigenvalue weighted by Gasteiger charge is -2.03. The molecule has 1 heteroatoms. The Hall–Kier alpha value is -0.820. The molecule has 0 N–H and O–H groups in total. The van der Waals surface area contributed by atoms with Gasteiger partial charge in [0.05, 0.1) is 0 Å². The highest BCUT2D eigenvalue weighted by atomic mass is 79.9. The van der Waals surface area contributed by atoms with Crippen molar-refractivity contribution in [2.45, 2.75) is 103 Å². The van der Waals surface area contributed by atoms with Crippen molar-refractivity contribution in [2.75, 3.05) is 0 Å². The van der Waals surface area contributed by atoms with Gasteiger partial charge in [-0.2, -0.15) is 0 Å². The van der Waals surface area contributed by atoms with Gasteiger partial charge in [-0.3, -0.25) is 0 Å². The molecule has 150 valence electrons. The Kier molecular flexibility index (Phi) is 11.8. The lowest BCUT2D eigenvalue weighted by atomic mass is 10.0. The highest BCUT2D eigenvalue weighted by molar-refractivity contribution is 9.10. The third-order valence-corrected chi connectivity index (χ3v) is 6.15. The van der Waals surface area contributed by atoms with E-state index >= 15 is 0 Å². The van der Waals surface area contributed by atoms with Crippen LogP contribution in [-0.2, 0) is 6.42 Å². The third-order valence-electron chi connectivity index (χ3n) is 5.69. The molecule has 0 radical (unpaired) electrons. The van der Waals surface area contributed by atoms with E-state index in [1.807, 2.05) is 0 Å². The monoisotopic (exact) mass is 430 g/mol. The zero-order valence-electron chi connectivity index (χ0n) is 17.4. The van der Waals surface area contributed by atoms with Crippen molar-refractivity contribution in [2.24, 2.45) is 0 Å². The molecule has 0 aromatic heterocycles. The maximum Gasteiger partial charge on any atom is 0.0187 e. The third kappa shape index (κ3) is 9.79. The van der Waals surface area contributed by atoms with Crippen molar-refractivity contribution >= 4 is 15.9 Å². The molecule has 0 saturated heterocycles. The molecule has 0 aromatic rings. The van der Waals surface area contributed by atoms with Crippen LogP contribution in [0, 0.1) is 0 Å². The molecule has 2 rings (SSSR count). The first-order valence-corrected chi connectivity index (χ1v) is 12.3. The molecule has 0 bridgehead atoms. The van der Waals surface area contributed by atoms with Crippen LogP contribution in [0.3, 0.4) is 0 Å². The van der Waals surface area contributed by atoms with Crippen LogP contribution in [-0.4, -0.2) is 0 Å². The Bertz CT molecular complexity index is 555. The molecule has 0 atom stereocenters. The number of halogens is 1. The first kappa shape index (κ1) is 22.5. The SMILES string of the molecule is CCCCCCCCCCCCCCCCc1ccc2cc(Br)cc-2cc1. The van der Waals surface area contributed by atoms with Crippen molar-refractivity contribution in [1.29, 1.82) is 0 Å². The second kappa shape index (κ2) is 14.2. The van der Waals surface area contributed by atoms with E-state index in [9.17, 15) is 0 Å². The van der Waals surface area contributed by atoms with E-state index in [4.69, 9.17) is 0 Å². The number of rotatable bonds is 15. The van der Waals surface area contributed by atoms with Gasteiger partial charge in [-0.05, 0) is 41.7 Å². The maximum atomic E-state index is 3.56. The molecule has 0 spiro atoms. The molecule has 2 aliphatic carbocycles. The quantitative estimate of drug-likeness (QED) is 0.246. The molecule has 0 aromatic carbocycles. The van der Waals surface area contributed by atoms with Crippen LogP contribution in [0.5, 0.6) is 0 Å². The molecule has 2 aliphatic rings. The smallest absolute Gasteiger partial charge is 0.0187 e. The normalized spacial score (nSPS) is 11.3. The van der Waals surface area contributed by atoms with E-state index in [1.54, 1.807) is 0 Å². The average Bonchev–Trinajstić information content (AvgIpc) is 2.92. The average molecular weight is 432 g/mol. The predicted molar refractivity (Wildman–Crippen MR) is 125 cm³/mol. The summed E-state index contributed by atoms with van der Waals surface area (Å²) in [4.78, 5) is 0. The second-order valence-electron chi connectivity index (χ2n) is 8.17. The summed E-state index contributed by atoms with van der Waals surface area (Å²) in [6.07, 6.45) is 21.2. The lowest BCUT2D eigenvalue weighted by molar-refractivity contribution is 0.535. The van der Waals surface area contributed by atoms with Crippen molar-refractivity contribution in [3.63, 3.8) is 0 Å². The Labute approximate surface area is 176 Å². The standard InChI is InChI=1S/C26H39Br/c1-2-3-4-5-6-7-8-9-10-11-12-13-14-15-16-23-17-19-24-21-26(27)22-25(24)20-18-23/h17-22H,2-16H2,1H3. The Balaban J connectivity index is 1.43. The first-order chi connectivity index (χ1) is 13.3. The number of hydrogen-bond donors (Lipinski definition) is 0. The number of unbranched alkanes of at least 4 members (excludes halogenated alkanes) is 13. The van der Waals surface area contributed by atoms with Crippen LogP contribution in [0.4, 0.5) is 0 Å². The van der Waals surface area contributed by atoms with Crippen LogP contribution in [0.25, 0.3) is 11.1 Å². The summed E-state index contributed by atoms with van der Waals surface area (Å²) in [6.45, 7) is 2.29. The van der Waals surface area contributed by atoms with Gasteiger partial charge in [0.2, 0.25) is 0 Å². The van der Waals surface area contributed by atoms with E-state index < -0.39 is 0 Å². The highest BCUT2D eigenvalue weighted by Crippen LogP contribution is 2.28. The van der Waals surface area contributed by atoms with Crippen molar-refractivity contribution in [1.82, 2.24) is 0 Å². The van der Waals surface area contributed by atoms with Gasteiger partial charge in [0.15, 0.2) is 0 Å². The maximum absolute atomic E-state index is 3.56. The summed E-state index contributed by atoms with van der Waals surface area (Å²) in [5.74, 6) is 0. The summed E-state index contributed by atoms with van der Waals surface area (Å²) < 4.78 is 1.18. The van der Waals surface area contributed by atoms with Crippen LogP contribution in [0.1, 0.15) is 102 Å². The fourth-order valence-electron chi connectivity index (χ4n) is 3.93. The van der Waals surface area contributed by atoms with Crippen molar-refractivity contribution in [3.05, 3.63) is 46.4 Å². The van der Waals surface area contributed by atoms with Crippen molar-refractivity contribution < 1.29 is 0 Å². The van der Waals surface area contributed by atoms with Crippen LogP contribution < -0.4 is 0 Å². The van der Waals surface area contributed by atoms with E-state index in [0.717, 1.165) is 0 Å². The largest absolute Gasteiger partial charge is 0.0654 e. The van der Waals surface area contributed by atoms with Gasteiger partial charge in [0, 0.05) is 4.47 Å². The van der Waals surface area contributed by atoms with E-state index in [-0.39, 0.29) is 0 Å². The van der Waals surface area contributed by atoms with Gasteiger partial charge in [0.1, 0.15) is 0 Å².